The summed E-state index contributed by atoms with van der Waals surface area (Å²) in [6.45, 7) is 5.04. The monoisotopic (exact) mass is 275 g/mol. The van der Waals surface area contributed by atoms with E-state index in [1.165, 1.54) is 16.2 Å². The number of carboxylic acid groups (broad SMARTS) is 1. The molecule has 94 valence electrons. The Bertz CT molecular complexity index is 442. The minimum absolute atomic E-state index is 0.183. The first-order chi connectivity index (χ1) is 7.84. The molecule has 0 spiro atoms. The molecule has 0 bridgehead atoms. The summed E-state index contributed by atoms with van der Waals surface area (Å²) in [4.78, 5) is 24.6. The van der Waals surface area contributed by atoms with Crippen LogP contribution in [0.4, 0.5) is 0 Å². The summed E-state index contributed by atoms with van der Waals surface area (Å²) in [6.07, 6.45) is 0. The molecule has 17 heavy (non-hydrogen) atoms. The van der Waals surface area contributed by atoms with Gasteiger partial charge in [0.1, 0.15) is 11.4 Å². The Hall–Kier alpha value is -1.07. The topological polar surface area (TPSA) is 57.6 Å². The summed E-state index contributed by atoms with van der Waals surface area (Å²) in [6, 6.07) is -0.183. The first kappa shape index (κ1) is 14.0. The molecular weight excluding hydrogens is 262 g/mol. The van der Waals surface area contributed by atoms with E-state index in [2.05, 4.69) is 0 Å². The first-order valence-electron chi connectivity index (χ1n) is 5.11. The highest BCUT2D eigenvalue weighted by molar-refractivity contribution is 7.13. The van der Waals surface area contributed by atoms with Crippen LogP contribution in [0.5, 0.6) is 0 Å². The van der Waals surface area contributed by atoms with Crippen molar-refractivity contribution in [2.24, 2.45) is 0 Å². The van der Waals surface area contributed by atoms with Crippen molar-refractivity contribution in [1.82, 2.24) is 4.90 Å². The fourth-order valence-electron chi connectivity index (χ4n) is 1.34. The van der Waals surface area contributed by atoms with E-state index >= 15 is 0 Å². The molecule has 0 unspecified atom stereocenters. The molecule has 4 nitrogen and oxygen atoms in total. The van der Waals surface area contributed by atoms with E-state index in [1.807, 2.05) is 6.92 Å². The van der Waals surface area contributed by atoms with Gasteiger partial charge in [0.05, 0.1) is 5.02 Å². The summed E-state index contributed by atoms with van der Waals surface area (Å²) >= 11 is 7.25. The van der Waals surface area contributed by atoms with Gasteiger partial charge in [0.25, 0.3) is 5.91 Å². The fourth-order valence-corrected chi connectivity index (χ4v) is 2.57. The average Bonchev–Trinajstić information content (AvgIpc) is 2.55. The highest BCUT2D eigenvalue weighted by Crippen LogP contribution is 2.28. The number of nitrogens with zero attached hydrogens (tertiary/aromatic N) is 1. The molecule has 6 heteroatoms. The molecule has 1 aromatic heterocycles. The molecule has 1 aromatic rings. The van der Waals surface area contributed by atoms with Crippen LogP contribution < -0.4 is 0 Å². The minimum atomic E-state index is -1.03. The molecule has 0 saturated carbocycles. The van der Waals surface area contributed by atoms with E-state index in [9.17, 15) is 9.59 Å². The summed E-state index contributed by atoms with van der Waals surface area (Å²) in [5.74, 6) is -1.36. The third kappa shape index (κ3) is 3.20. The first-order valence-corrected chi connectivity index (χ1v) is 6.36. The van der Waals surface area contributed by atoms with Gasteiger partial charge in [0.15, 0.2) is 0 Å². The number of aliphatic carboxylic acids is 1. The van der Waals surface area contributed by atoms with E-state index < -0.39 is 5.97 Å². The second-order valence-corrected chi connectivity index (χ2v) is 5.24. The molecule has 0 fully saturated rings. The van der Waals surface area contributed by atoms with Crippen molar-refractivity contribution in [3.8, 4) is 0 Å². The lowest BCUT2D eigenvalue weighted by molar-refractivity contribution is -0.138. The summed E-state index contributed by atoms with van der Waals surface area (Å²) < 4.78 is 0. The zero-order valence-electron chi connectivity index (χ0n) is 9.86. The third-order valence-electron chi connectivity index (χ3n) is 2.28. The van der Waals surface area contributed by atoms with Gasteiger partial charge >= 0.3 is 5.97 Å². The molecule has 0 aliphatic rings. The van der Waals surface area contributed by atoms with Crippen LogP contribution in [0.3, 0.4) is 0 Å². The summed E-state index contributed by atoms with van der Waals surface area (Å²) in [5.41, 5.74) is 0.832. The molecule has 0 atom stereocenters. The molecule has 1 amide bonds. The Morgan fingerprint density at radius 3 is 2.47 bits per heavy atom. The largest absolute Gasteiger partial charge is 0.480 e. The molecule has 0 radical (unpaired) electrons. The fraction of sp³-hybridized carbons (Fsp3) is 0.455. The number of hydrogen-bond donors (Lipinski definition) is 1. The Morgan fingerprint density at radius 1 is 1.53 bits per heavy atom. The van der Waals surface area contributed by atoms with Crippen LogP contribution in [-0.4, -0.2) is 34.5 Å². The average molecular weight is 276 g/mol. The number of carbonyl (C=O) groups is 2. The summed E-state index contributed by atoms with van der Waals surface area (Å²) in [7, 11) is 0. The molecule has 1 N–H and O–H groups in total. The smallest absolute Gasteiger partial charge is 0.323 e. The van der Waals surface area contributed by atoms with Crippen LogP contribution in [0, 0.1) is 6.92 Å². The lowest BCUT2D eigenvalue weighted by Crippen LogP contribution is -2.40. The number of aryl methyl sites for hydroxylation is 1. The van der Waals surface area contributed by atoms with Crippen molar-refractivity contribution in [1.29, 1.82) is 0 Å². The molecule has 0 aromatic carbocycles. The highest BCUT2D eigenvalue weighted by Gasteiger charge is 2.24. The molecule has 0 aliphatic carbocycles. The maximum Gasteiger partial charge on any atom is 0.323 e. The van der Waals surface area contributed by atoms with Crippen LogP contribution in [0.1, 0.15) is 29.1 Å². The van der Waals surface area contributed by atoms with Gasteiger partial charge in [-0.25, -0.2) is 0 Å². The SMILES string of the molecule is Cc1csc(C(=O)N(CC(=O)O)C(C)C)c1Cl. The normalized spacial score (nSPS) is 10.6. The third-order valence-corrected chi connectivity index (χ3v) is 3.97. The van der Waals surface area contributed by atoms with Gasteiger partial charge in [0, 0.05) is 6.04 Å². The summed E-state index contributed by atoms with van der Waals surface area (Å²) in [5, 5.41) is 11.0. The number of thiophene rings is 1. The quantitative estimate of drug-likeness (QED) is 0.919. The van der Waals surface area contributed by atoms with Gasteiger partial charge in [-0.3, -0.25) is 9.59 Å². The maximum absolute atomic E-state index is 12.1. The number of halogens is 1. The van der Waals surface area contributed by atoms with Gasteiger partial charge in [-0.2, -0.15) is 0 Å². The van der Waals surface area contributed by atoms with Gasteiger partial charge in [-0.1, -0.05) is 11.6 Å². The van der Waals surface area contributed by atoms with Crippen LogP contribution >= 0.6 is 22.9 Å². The van der Waals surface area contributed by atoms with Crippen molar-refractivity contribution >= 4 is 34.8 Å². The lowest BCUT2D eigenvalue weighted by atomic mass is 10.2. The Morgan fingerprint density at radius 2 is 2.12 bits per heavy atom. The van der Waals surface area contributed by atoms with Crippen molar-refractivity contribution in [2.45, 2.75) is 26.8 Å². The molecular formula is C11H14ClNO3S. The van der Waals surface area contributed by atoms with Crippen molar-refractivity contribution < 1.29 is 14.7 Å². The van der Waals surface area contributed by atoms with Crippen LogP contribution in [0.15, 0.2) is 5.38 Å². The van der Waals surface area contributed by atoms with Crippen molar-refractivity contribution in [3.63, 3.8) is 0 Å². The Kier molecular flexibility index (Phi) is 4.54. The van der Waals surface area contributed by atoms with E-state index in [4.69, 9.17) is 16.7 Å². The minimum Gasteiger partial charge on any atom is -0.480 e. The second-order valence-electron chi connectivity index (χ2n) is 3.98. The number of hydrogen-bond acceptors (Lipinski definition) is 3. The molecule has 0 aliphatic heterocycles. The number of rotatable bonds is 4. The van der Waals surface area contributed by atoms with Gasteiger partial charge in [-0.05, 0) is 31.7 Å². The van der Waals surface area contributed by atoms with Crippen LogP contribution in [-0.2, 0) is 4.79 Å². The standard InChI is InChI=1S/C11H14ClNO3S/c1-6(2)13(4-8(14)15)11(16)10-9(12)7(3)5-17-10/h5-6H,4H2,1-3H3,(H,14,15). The lowest BCUT2D eigenvalue weighted by Gasteiger charge is -2.24. The van der Waals surface area contributed by atoms with Crippen molar-refractivity contribution in [2.75, 3.05) is 6.54 Å². The molecule has 1 heterocycles. The maximum atomic E-state index is 12.1. The zero-order valence-corrected chi connectivity index (χ0v) is 11.4. The predicted octanol–water partition coefficient (Wildman–Crippen LogP) is 2.65. The van der Waals surface area contributed by atoms with E-state index in [0.717, 1.165) is 5.56 Å². The number of amides is 1. The molecule has 0 saturated heterocycles. The van der Waals surface area contributed by atoms with E-state index in [0.29, 0.717) is 9.90 Å². The molecule has 1 rings (SSSR count). The van der Waals surface area contributed by atoms with Gasteiger partial charge < -0.3 is 10.0 Å². The predicted molar refractivity (Wildman–Crippen MR) is 67.9 cm³/mol. The van der Waals surface area contributed by atoms with E-state index in [1.54, 1.807) is 19.2 Å². The second kappa shape index (κ2) is 5.51. The van der Waals surface area contributed by atoms with Gasteiger partial charge in [0.2, 0.25) is 0 Å². The van der Waals surface area contributed by atoms with Crippen molar-refractivity contribution in [3.05, 3.63) is 20.8 Å². The Balaban J connectivity index is 3.00. The van der Waals surface area contributed by atoms with Crippen LogP contribution in [0.2, 0.25) is 5.02 Å². The highest BCUT2D eigenvalue weighted by atomic mass is 35.5. The van der Waals surface area contributed by atoms with Crippen LogP contribution in [0.25, 0.3) is 0 Å². The van der Waals surface area contributed by atoms with Gasteiger partial charge in [-0.15, -0.1) is 11.3 Å². The number of carboxylic acids is 1. The number of carbonyl (C=O) groups excluding carboxylic acids is 1. The zero-order chi connectivity index (χ0) is 13.2. The van der Waals surface area contributed by atoms with E-state index in [-0.39, 0.29) is 18.5 Å². The Labute approximate surface area is 109 Å².